The van der Waals surface area contributed by atoms with Crippen LogP contribution in [-0.2, 0) is 6.42 Å². The van der Waals surface area contributed by atoms with Crippen molar-refractivity contribution in [2.24, 2.45) is 0 Å². The highest BCUT2D eigenvalue weighted by molar-refractivity contribution is 5.64. The van der Waals surface area contributed by atoms with Gasteiger partial charge in [-0.15, -0.1) is 0 Å². The zero-order valence-corrected chi connectivity index (χ0v) is 17.3. The third kappa shape index (κ3) is 5.22. The van der Waals surface area contributed by atoms with Crippen LogP contribution < -0.4 is 4.74 Å². The maximum absolute atomic E-state index is 5.81. The minimum Gasteiger partial charge on any atom is -0.494 e. The maximum atomic E-state index is 5.81. The molecule has 3 aromatic rings. The van der Waals surface area contributed by atoms with E-state index >= 15 is 0 Å². The van der Waals surface area contributed by atoms with E-state index in [-0.39, 0.29) is 0 Å². The smallest absolute Gasteiger partial charge is 0.119 e. The predicted molar refractivity (Wildman–Crippen MR) is 118 cm³/mol. The molecule has 0 saturated heterocycles. The lowest BCUT2D eigenvalue weighted by Gasteiger charge is -2.13. The molecule has 0 radical (unpaired) electrons. The predicted octanol–water partition coefficient (Wildman–Crippen LogP) is 7.03. The first-order chi connectivity index (χ1) is 13.7. The standard InChI is InChI=1S/C26H31NO/c1-4-6-7-18-28-25-15-13-24(14-16-25)23-11-9-22(10-12-23)20(3)26-17-8-21(5-2)19-27-26/h8-17,19-20H,4-7,18H2,1-3H3. The van der Waals surface area contributed by atoms with Crippen LogP contribution in [-0.4, -0.2) is 11.6 Å². The second-order valence-electron chi connectivity index (χ2n) is 7.37. The number of hydrogen-bond donors (Lipinski definition) is 0. The van der Waals surface area contributed by atoms with Crippen molar-refractivity contribution in [1.82, 2.24) is 4.98 Å². The van der Waals surface area contributed by atoms with Crippen molar-refractivity contribution in [1.29, 1.82) is 0 Å². The number of hydrogen-bond acceptors (Lipinski definition) is 2. The molecule has 0 aliphatic rings. The molecule has 1 atom stereocenters. The molecule has 0 spiro atoms. The highest BCUT2D eigenvalue weighted by Crippen LogP contribution is 2.27. The molecule has 0 fully saturated rings. The number of benzene rings is 2. The molecule has 1 aromatic heterocycles. The summed E-state index contributed by atoms with van der Waals surface area (Å²) in [5.74, 6) is 1.24. The summed E-state index contributed by atoms with van der Waals surface area (Å²) < 4.78 is 5.81. The van der Waals surface area contributed by atoms with Gasteiger partial charge in [0.2, 0.25) is 0 Å². The highest BCUT2D eigenvalue weighted by Gasteiger charge is 2.10. The number of nitrogens with zero attached hydrogens (tertiary/aromatic N) is 1. The summed E-state index contributed by atoms with van der Waals surface area (Å²) in [6.45, 7) is 7.38. The molecule has 28 heavy (non-hydrogen) atoms. The van der Waals surface area contributed by atoms with Gasteiger partial charge in [0.25, 0.3) is 0 Å². The van der Waals surface area contributed by atoms with E-state index in [1.807, 2.05) is 6.20 Å². The Morgan fingerprint density at radius 3 is 2.07 bits per heavy atom. The number of aromatic nitrogens is 1. The van der Waals surface area contributed by atoms with Crippen LogP contribution in [0.2, 0.25) is 0 Å². The number of pyridine rings is 1. The molecule has 146 valence electrons. The van der Waals surface area contributed by atoms with Crippen molar-refractivity contribution in [2.75, 3.05) is 6.61 Å². The van der Waals surface area contributed by atoms with Crippen LogP contribution >= 0.6 is 0 Å². The Kier molecular flexibility index (Phi) is 7.25. The van der Waals surface area contributed by atoms with Crippen LogP contribution in [0.1, 0.15) is 62.8 Å². The lowest BCUT2D eigenvalue weighted by atomic mass is 9.94. The van der Waals surface area contributed by atoms with E-state index in [4.69, 9.17) is 4.74 Å². The molecule has 0 aliphatic carbocycles. The SMILES string of the molecule is CCCCCOc1ccc(-c2ccc(C(C)c3ccc(CC)cn3)cc2)cc1. The normalized spacial score (nSPS) is 12.0. The fourth-order valence-corrected chi connectivity index (χ4v) is 3.32. The van der Waals surface area contributed by atoms with Gasteiger partial charge in [0, 0.05) is 17.8 Å². The van der Waals surface area contributed by atoms with Crippen molar-refractivity contribution >= 4 is 0 Å². The Morgan fingerprint density at radius 2 is 1.50 bits per heavy atom. The van der Waals surface area contributed by atoms with Gasteiger partial charge in [-0.05, 0) is 53.3 Å². The van der Waals surface area contributed by atoms with Gasteiger partial charge in [0.05, 0.1) is 6.61 Å². The van der Waals surface area contributed by atoms with Gasteiger partial charge in [-0.25, -0.2) is 0 Å². The fraction of sp³-hybridized carbons (Fsp3) is 0.346. The zero-order chi connectivity index (χ0) is 19.8. The Balaban J connectivity index is 1.64. The van der Waals surface area contributed by atoms with Crippen molar-refractivity contribution in [3.05, 3.63) is 83.7 Å². The van der Waals surface area contributed by atoms with Gasteiger partial charge in [-0.1, -0.05) is 76.1 Å². The topological polar surface area (TPSA) is 22.1 Å². The monoisotopic (exact) mass is 373 g/mol. The number of ether oxygens (including phenoxy) is 1. The number of unbranched alkanes of at least 4 members (excludes halogenated alkanes) is 2. The summed E-state index contributed by atoms with van der Waals surface area (Å²) >= 11 is 0. The van der Waals surface area contributed by atoms with Gasteiger partial charge in [0.15, 0.2) is 0 Å². The molecule has 1 unspecified atom stereocenters. The van der Waals surface area contributed by atoms with Gasteiger partial charge in [-0.2, -0.15) is 0 Å². The van der Waals surface area contributed by atoms with E-state index in [0.717, 1.165) is 30.9 Å². The summed E-state index contributed by atoms with van der Waals surface area (Å²) in [4.78, 5) is 4.64. The third-order valence-electron chi connectivity index (χ3n) is 5.31. The van der Waals surface area contributed by atoms with E-state index in [0.29, 0.717) is 5.92 Å². The summed E-state index contributed by atoms with van der Waals surface area (Å²) in [5, 5.41) is 0. The zero-order valence-electron chi connectivity index (χ0n) is 17.3. The average Bonchev–Trinajstić information content (AvgIpc) is 2.77. The molecule has 3 rings (SSSR count). The summed E-state index contributed by atoms with van der Waals surface area (Å²) in [6.07, 6.45) is 6.58. The summed E-state index contributed by atoms with van der Waals surface area (Å²) in [6, 6.07) is 21.6. The second kappa shape index (κ2) is 10.1. The first-order valence-electron chi connectivity index (χ1n) is 10.5. The molecule has 0 N–H and O–H groups in total. The van der Waals surface area contributed by atoms with Crippen LogP contribution in [0.4, 0.5) is 0 Å². The van der Waals surface area contributed by atoms with Crippen LogP contribution in [0.5, 0.6) is 5.75 Å². The van der Waals surface area contributed by atoms with Crippen LogP contribution in [0, 0.1) is 0 Å². The molecular formula is C26H31NO. The van der Waals surface area contributed by atoms with Gasteiger partial charge >= 0.3 is 0 Å². The molecule has 2 nitrogen and oxygen atoms in total. The molecule has 0 aliphatic heterocycles. The first-order valence-corrected chi connectivity index (χ1v) is 10.5. The minimum atomic E-state index is 0.291. The molecule has 0 amide bonds. The largest absolute Gasteiger partial charge is 0.494 e. The Labute approximate surface area is 169 Å². The minimum absolute atomic E-state index is 0.291. The fourth-order valence-electron chi connectivity index (χ4n) is 3.32. The van der Waals surface area contributed by atoms with Crippen molar-refractivity contribution in [3.63, 3.8) is 0 Å². The van der Waals surface area contributed by atoms with Crippen molar-refractivity contribution < 1.29 is 4.74 Å². The van der Waals surface area contributed by atoms with Gasteiger partial charge in [-0.3, -0.25) is 4.98 Å². The van der Waals surface area contributed by atoms with E-state index in [1.165, 1.54) is 35.1 Å². The van der Waals surface area contributed by atoms with Crippen molar-refractivity contribution in [2.45, 2.75) is 52.4 Å². The lowest BCUT2D eigenvalue weighted by Crippen LogP contribution is -1.99. The number of aryl methyl sites for hydroxylation is 1. The lowest BCUT2D eigenvalue weighted by molar-refractivity contribution is 0.306. The average molecular weight is 374 g/mol. The van der Waals surface area contributed by atoms with E-state index in [9.17, 15) is 0 Å². The summed E-state index contributed by atoms with van der Waals surface area (Å²) in [7, 11) is 0. The summed E-state index contributed by atoms with van der Waals surface area (Å²) in [5.41, 5.74) is 6.13. The molecule has 1 heterocycles. The second-order valence-corrected chi connectivity index (χ2v) is 7.37. The maximum Gasteiger partial charge on any atom is 0.119 e. The Morgan fingerprint density at radius 1 is 0.821 bits per heavy atom. The first kappa shape index (κ1) is 20.1. The molecule has 2 aromatic carbocycles. The molecule has 0 saturated carbocycles. The van der Waals surface area contributed by atoms with E-state index < -0.39 is 0 Å². The molecule has 2 heteroatoms. The van der Waals surface area contributed by atoms with Crippen LogP contribution in [0.25, 0.3) is 11.1 Å². The quantitative estimate of drug-likeness (QED) is 0.376. The Hall–Kier alpha value is -2.61. The van der Waals surface area contributed by atoms with Crippen LogP contribution in [0.15, 0.2) is 66.9 Å². The third-order valence-corrected chi connectivity index (χ3v) is 5.31. The highest BCUT2D eigenvalue weighted by atomic mass is 16.5. The molecule has 0 bridgehead atoms. The Bertz CT molecular complexity index is 835. The van der Waals surface area contributed by atoms with Crippen molar-refractivity contribution in [3.8, 4) is 16.9 Å². The van der Waals surface area contributed by atoms with E-state index in [1.54, 1.807) is 0 Å². The van der Waals surface area contributed by atoms with Gasteiger partial charge in [0.1, 0.15) is 5.75 Å². The van der Waals surface area contributed by atoms with E-state index in [2.05, 4.69) is 86.4 Å². The number of rotatable bonds is 9. The van der Waals surface area contributed by atoms with Gasteiger partial charge < -0.3 is 4.74 Å². The van der Waals surface area contributed by atoms with Crippen LogP contribution in [0.3, 0.4) is 0 Å². The molecular weight excluding hydrogens is 342 g/mol.